The van der Waals surface area contributed by atoms with Crippen LogP contribution in [0.3, 0.4) is 0 Å². The van der Waals surface area contributed by atoms with E-state index in [2.05, 4.69) is 10.1 Å². The highest BCUT2D eigenvalue weighted by Gasteiger charge is 2.22. The molecule has 7 nitrogen and oxygen atoms in total. The molecule has 0 fully saturated rings. The quantitative estimate of drug-likeness (QED) is 0.613. The molecule has 0 radical (unpaired) electrons. The fourth-order valence-corrected chi connectivity index (χ4v) is 1.31. The summed E-state index contributed by atoms with van der Waals surface area (Å²) in [5.41, 5.74) is 4.92. The maximum atomic E-state index is 11.9. The molecule has 0 saturated heterocycles. The molecule has 0 bridgehead atoms. The average Bonchev–Trinajstić information content (AvgIpc) is 2.26. The van der Waals surface area contributed by atoms with E-state index in [-0.39, 0.29) is 12.5 Å². The predicted octanol–water partition coefficient (Wildman–Crippen LogP) is -0.545. The zero-order chi connectivity index (χ0) is 13.4. The van der Waals surface area contributed by atoms with Crippen molar-refractivity contribution in [3.63, 3.8) is 0 Å². The first kappa shape index (κ1) is 15.2. The van der Waals surface area contributed by atoms with E-state index in [0.29, 0.717) is 13.0 Å². The largest absolute Gasteiger partial charge is 0.468 e. The van der Waals surface area contributed by atoms with Crippen molar-refractivity contribution in [3.8, 4) is 0 Å². The minimum absolute atomic E-state index is 0.131. The first-order valence-electron chi connectivity index (χ1n) is 5.33. The smallest absolute Gasteiger partial charge is 0.325 e. The van der Waals surface area contributed by atoms with Gasteiger partial charge in [0.25, 0.3) is 0 Å². The second kappa shape index (κ2) is 7.48. The first-order chi connectivity index (χ1) is 7.92. The Morgan fingerprint density at radius 3 is 2.41 bits per heavy atom. The second-order valence-electron chi connectivity index (χ2n) is 3.57. The Bertz CT molecular complexity index is 293. The lowest BCUT2D eigenvalue weighted by Crippen LogP contribution is -2.50. The molecular formula is C10H19N3O4. The van der Waals surface area contributed by atoms with Gasteiger partial charge >= 0.3 is 12.0 Å². The van der Waals surface area contributed by atoms with E-state index in [1.807, 2.05) is 6.92 Å². The lowest BCUT2D eigenvalue weighted by Gasteiger charge is -2.24. The van der Waals surface area contributed by atoms with Gasteiger partial charge in [-0.1, -0.05) is 6.92 Å². The summed E-state index contributed by atoms with van der Waals surface area (Å²) in [6.45, 7) is 3.67. The van der Waals surface area contributed by atoms with E-state index < -0.39 is 18.0 Å². The van der Waals surface area contributed by atoms with Crippen LogP contribution in [0.5, 0.6) is 0 Å². The number of methoxy groups -OCH3 is 1. The van der Waals surface area contributed by atoms with Gasteiger partial charge in [0.2, 0.25) is 5.91 Å². The minimum Gasteiger partial charge on any atom is -0.468 e. The number of ether oxygens (including phenoxy) is 1. The minimum atomic E-state index is -0.777. The number of amides is 3. The van der Waals surface area contributed by atoms with Crippen molar-refractivity contribution in [1.82, 2.24) is 10.2 Å². The van der Waals surface area contributed by atoms with Crippen molar-refractivity contribution in [1.29, 1.82) is 0 Å². The van der Waals surface area contributed by atoms with Crippen LogP contribution in [0.1, 0.15) is 20.3 Å². The fraction of sp³-hybridized carbons (Fsp3) is 0.700. The highest BCUT2D eigenvalue weighted by atomic mass is 16.5. The van der Waals surface area contributed by atoms with Crippen LogP contribution in [0.4, 0.5) is 4.79 Å². The molecule has 0 aliphatic heterocycles. The van der Waals surface area contributed by atoms with Crippen molar-refractivity contribution in [2.75, 3.05) is 20.2 Å². The maximum Gasteiger partial charge on any atom is 0.325 e. The highest BCUT2D eigenvalue weighted by molar-refractivity contribution is 5.88. The summed E-state index contributed by atoms with van der Waals surface area (Å²) in [4.78, 5) is 34.9. The summed E-state index contributed by atoms with van der Waals surface area (Å²) in [6, 6.07) is -1.54. The highest BCUT2D eigenvalue weighted by Crippen LogP contribution is 1.98. The van der Waals surface area contributed by atoms with Gasteiger partial charge in [0, 0.05) is 6.54 Å². The fourth-order valence-electron chi connectivity index (χ4n) is 1.31. The number of hydrogen-bond acceptors (Lipinski definition) is 4. The van der Waals surface area contributed by atoms with Gasteiger partial charge in [-0.2, -0.15) is 0 Å². The molecule has 1 atom stereocenters. The number of nitrogens with two attached hydrogens (primary N) is 1. The summed E-state index contributed by atoms with van der Waals surface area (Å²) < 4.78 is 4.49. The Morgan fingerprint density at radius 1 is 1.41 bits per heavy atom. The van der Waals surface area contributed by atoms with Gasteiger partial charge in [0.1, 0.15) is 12.6 Å². The van der Waals surface area contributed by atoms with E-state index in [9.17, 15) is 14.4 Å². The molecule has 3 N–H and O–H groups in total. The number of nitrogens with zero attached hydrogens (tertiary/aromatic N) is 1. The number of carbonyl (C=O) groups is 3. The van der Waals surface area contributed by atoms with E-state index >= 15 is 0 Å². The van der Waals surface area contributed by atoms with Crippen molar-refractivity contribution >= 4 is 17.9 Å². The molecule has 0 rings (SSSR count). The van der Waals surface area contributed by atoms with Gasteiger partial charge in [0.15, 0.2) is 0 Å². The van der Waals surface area contributed by atoms with Crippen molar-refractivity contribution in [2.45, 2.75) is 26.3 Å². The summed E-state index contributed by atoms with van der Waals surface area (Å²) in [6.07, 6.45) is 0.700. The number of urea groups is 1. The van der Waals surface area contributed by atoms with E-state index in [1.54, 1.807) is 0 Å². The van der Waals surface area contributed by atoms with Crippen LogP contribution >= 0.6 is 0 Å². The van der Waals surface area contributed by atoms with Gasteiger partial charge in [0.05, 0.1) is 7.11 Å². The molecule has 3 amide bonds. The Morgan fingerprint density at radius 2 is 2.00 bits per heavy atom. The average molecular weight is 245 g/mol. The normalized spacial score (nSPS) is 11.5. The Hall–Kier alpha value is -1.79. The van der Waals surface area contributed by atoms with Crippen LogP contribution in [-0.2, 0) is 14.3 Å². The monoisotopic (exact) mass is 245 g/mol. The number of esters is 1. The van der Waals surface area contributed by atoms with Crippen molar-refractivity contribution in [3.05, 3.63) is 0 Å². The Balaban J connectivity index is 4.52. The van der Waals surface area contributed by atoms with E-state index in [4.69, 9.17) is 5.73 Å². The number of primary amides is 1. The number of rotatable bonds is 6. The second-order valence-corrected chi connectivity index (χ2v) is 3.57. The van der Waals surface area contributed by atoms with E-state index in [1.165, 1.54) is 18.9 Å². The first-order valence-corrected chi connectivity index (χ1v) is 5.33. The molecule has 0 aliphatic rings. The molecule has 0 heterocycles. The van der Waals surface area contributed by atoms with E-state index in [0.717, 1.165) is 0 Å². The van der Waals surface area contributed by atoms with Gasteiger partial charge < -0.3 is 20.7 Å². The zero-order valence-corrected chi connectivity index (χ0v) is 10.4. The maximum absolute atomic E-state index is 11.9. The topological polar surface area (TPSA) is 102 Å². The molecule has 0 aromatic heterocycles. The summed E-state index contributed by atoms with van der Waals surface area (Å²) in [5, 5.41) is 2.27. The molecule has 0 aliphatic carbocycles. The molecule has 0 saturated carbocycles. The summed E-state index contributed by atoms with van der Waals surface area (Å²) >= 11 is 0. The summed E-state index contributed by atoms with van der Waals surface area (Å²) in [5.74, 6) is -0.867. The van der Waals surface area contributed by atoms with Gasteiger partial charge in [-0.25, -0.2) is 4.79 Å². The SMILES string of the molecule is CCCN(CC(=O)OC)C(=O)C(C)NC(N)=O. The third-order valence-electron chi connectivity index (χ3n) is 2.08. The van der Waals surface area contributed by atoms with Crippen LogP contribution in [-0.4, -0.2) is 49.0 Å². The number of hydrogen-bond donors (Lipinski definition) is 2. The molecule has 0 spiro atoms. The molecule has 17 heavy (non-hydrogen) atoms. The van der Waals surface area contributed by atoms with Gasteiger partial charge in [-0.05, 0) is 13.3 Å². The van der Waals surface area contributed by atoms with Crippen LogP contribution in [0.25, 0.3) is 0 Å². The third-order valence-corrected chi connectivity index (χ3v) is 2.08. The van der Waals surface area contributed by atoms with Crippen LogP contribution in [0.15, 0.2) is 0 Å². The molecule has 7 heteroatoms. The third kappa shape index (κ3) is 5.74. The number of nitrogens with one attached hydrogen (secondary N) is 1. The van der Waals surface area contributed by atoms with Gasteiger partial charge in [-0.15, -0.1) is 0 Å². The summed E-state index contributed by atoms with van der Waals surface area (Å²) in [7, 11) is 1.25. The molecule has 98 valence electrons. The molecule has 1 unspecified atom stereocenters. The molecule has 0 aromatic carbocycles. The van der Waals surface area contributed by atoms with Crippen molar-refractivity contribution in [2.24, 2.45) is 5.73 Å². The Kier molecular flexibility index (Phi) is 6.69. The molecular weight excluding hydrogens is 226 g/mol. The van der Waals surface area contributed by atoms with Crippen LogP contribution in [0, 0.1) is 0 Å². The van der Waals surface area contributed by atoms with Crippen molar-refractivity contribution < 1.29 is 19.1 Å². The Labute approximate surface area is 100 Å². The van der Waals surface area contributed by atoms with Crippen LogP contribution < -0.4 is 11.1 Å². The van der Waals surface area contributed by atoms with Crippen LogP contribution in [0.2, 0.25) is 0 Å². The van der Waals surface area contributed by atoms with Gasteiger partial charge in [-0.3, -0.25) is 9.59 Å². The standard InChI is InChI=1S/C10H19N3O4/c1-4-5-13(6-8(14)17-3)9(15)7(2)12-10(11)16/h7H,4-6H2,1-3H3,(H3,11,12,16). The predicted molar refractivity (Wildman–Crippen MR) is 61.1 cm³/mol. The lowest BCUT2D eigenvalue weighted by molar-refractivity contribution is -0.147. The number of carbonyl (C=O) groups excluding carboxylic acids is 3. The lowest BCUT2D eigenvalue weighted by atomic mass is 10.2. The molecule has 0 aromatic rings. The zero-order valence-electron chi connectivity index (χ0n) is 10.4.